The molecule has 1 saturated heterocycles. The maximum Gasteiger partial charge on any atom is 0.414 e. The molecule has 0 bridgehead atoms. The van der Waals surface area contributed by atoms with Crippen molar-refractivity contribution in [3.05, 3.63) is 59.7 Å². The van der Waals surface area contributed by atoms with Crippen LogP contribution in [0.15, 0.2) is 42.7 Å². The number of benzene rings is 1. The number of amides is 2. The van der Waals surface area contributed by atoms with Crippen molar-refractivity contribution >= 4 is 17.7 Å². The molecular formula is C18H16FN3O3. The van der Waals surface area contributed by atoms with Crippen molar-refractivity contribution in [2.24, 2.45) is 0 Å². The van der Waals surface area contributed by atoms with E-state index in [4.69, 9.17) is 4.74 Å². The summed E-state index contributed by atoms with van der Waals surface area (Å²) in [5.74, 6) is -0.541. The van der Waals surface area contributed by atoms with Crippen LogP contribution in [0.4, 0.5) is 14.9 Å². The van der Waals surface area contributed by atoms with Gasteiger partial charge in [-0.15, -0.1) is 0 Å². The number of hydrogen-bond acceptors (Lipinski definition) is 4. The van der Waals surface area contributed by atoms with Crippen LogP contribution < -0.4 is 4.90 Å². The van der Waals surface area contributed by atoms with Gasteiger partial charge in [0, 0.05) is 31.0 Å². The second-order valence-corrected chi connectivity index (χ2v) is 6.13. The smallest absolute Gasteiger partial charge is 0.414 e. The molecule has 0 aliphatic carbocycles. The second-order valence-electron chi connectivity index (χ2n) is 6.13. The van der Waals surface area contributed by atoms with Gasteiger partial charge in [0.25, 0.3) is 5.91 Å². The molecule has 2 amide bonds. The van der Waals surface area contributed by atoms with Crippen molar-refractivity contribution in [3.8, 4) is 0 Å². The Kier molecular flexibility index (Phi) is 3.83. The van der Waals surface area contributed by atoms with E-state index in [9.17, 15) is 14.0 Å². The zero-order chi connectivity index (χ0) is 17.4. The standard InChI is InChI=1S/C18H16FN3O3/c19-14-2-1-13-10-21(17(23)12-3-6-20-7-4-12)8-5-15-11-25-18(24)22(15)16(13)9-14/h1-4,6-7,9,15H,5,8,10-11H2/t15-/m0/s1. The largest absolute Gasteiger partial charge is 0.447 e. The van der Waals surface area contributed by atoms with Gasteiger partial charge >= 0.3 is 6.09 Å². The highest BCUT2D eigenvalue weighted by Crippen LogP contribution is 2.32. The van der Waals surface area contributed by atoms with E-state index in [0.717, 1.165) is 0 Å². The van der Waals surface area contributed by atoms with Crippen molar-refractivity contribution in [2.75, 3.05) is 18.1 Å². The molecule has 128 valence electrons. The van der Waals surface area contributed by atoms with Gasteiger partial charge in [0.2, 0.25) is 0 Å². The maximum atomic E-state index is 13.8. The van der Waals surface area contributed by atoms with Gasteiger partial charge in [0.1, 0.15) is 12.4 Å². The molecule has 2 aromatic rings. The number of pyridine rings is 1. The van der Waals surface area contributed by atoms with E-state index in [-0.39, 0.29) is 18.6 Å². The van der Waals surface area contributed by atoms with Gasteiger partial charge in [-0.05, 0) is 36.2 Å². The minimum atomic E-state index is -0.467. The Morgan fingerprint density at radius 3 is 2.84 bits per heavy atom. The third-order valence-corrected chi connectivity index (χ3v) is 4.58. The summed E-state index contributed by atoms with van der Waals surface area (Å²) in [6, 6.07) is 7.41. The van der Waals surface area contributed by atoms with E-state index in [1.54, 1.807) is 35.5 Å². The van der Waals surface area contributed by atoms with E-state index in [2.05, 4.69) is 4.98 Å². The number of halogens is 1. The van der Waals surface area contributed by atoms with Crippen molar-refractivity contribution < 1.29 is 18.7 Å². The molecule has 0 saturated carbocycles. The number of carbonyl (C=O) groups is 2. The summed E-state index contributed by atoms with van der Waals surface area (Å²) in [6.07, 6.45) is 3.25. The van der Waals surface area contributed by atoms with Crippen LogP contribution in [-0.2, 0) is 11.3 Å². The SMILES string of the molecule is O=C(c1ccncc1)N1CC[C@H]2COC(=O)N2c2cc(F)ccc2C1. The first kappa shape index (κ1) is 15.6. The van der Waals surface area contributed by atoms with Gasteiger partial charge in [0.05, 0.1) is 11.7 Å². The highest BCUT2D eigenvalue weighted by molar-refractivity contribution is 5.95. The minimum absolute atomic E-state index is 0.114. The molecule has 7 heteroatoms. The average molecular weight is 341 g/mol. The normalized spacial score (nSPS) is 19.6. The van der Waals surface area contributed by atoms with E-state index in [1.807, 2.05) is 0 Å². The number of ether oxygens (including phenoxy) is 1. The Hall–Kier alpha value is -2.96. The topological polar surface area (TPSA) is 62.7 Å². The van der Waals surface area contributed by atoms with Crippen LogP contribution in [0, 0.1) is 5.82 Å². The van der Waals surface area contributed by atoms with E-state index < -0.39 is 11.9 Å². The molecule has 0 unspecified atom stereocenters. The van der Waals surface area contributed by atoms with Crippen LogP contribution >= 0.6 is 0 Å². The first-order valence-electron chi connectivity index (χ1n) is 8.07. The molecule has 1 atom stereocenters. The summed E-state index contributed by atoms with van der Waals surface area (Å²) >= 11 is 0. The molecule has 1 fully saturated rings. The molecule has 25 heavy (non-hydrogen) atoms. The molecule has 4 rings (SSSR count). The fourth-order valence-electron chi connectivity index (χ4n) is 3.30. The summed E-state index contributed by atoms with van der Waals surface area (Å²) in [5.41, 5.74) is 1.74. The van der Waals surface area contributed by atoms with Crippen molar-refractivity contribution in [3.63, 3.8) is 0 Å². The number of hydrogen-bond donors (Lipinski definition) is 0. The number of carbonyl (C=O) groups excluding carboxylic acids is 2. The summed E-state index contributed by atoms with van der Waals surface area (Å²) in [5, 5.41) is 0. The number of nitrogens with zero attached hydrogens (tertiary/aromatic N) is 3. The van der Waals surface area contributed by atoms with E-state index >= 15 is 0 Å². The van der Waals surface area contributed by atoms with E-state index in [1.165, 1.54) is 17.0 Å². The van der Waals surface area contributed by atoms with Gasteiger partial charge < -0.3 is 9.64 Å². The second kappa shape index (κ2) is 6.16. The van der Waals surface area contributed by atoms with Crippen LogP contribution in [0.25, 0.3) is 0 Å². The summed E-state index contributed by atoms with van der Waals surface area (Å²) in [7, 11) is 0. The molecule has 6 nitrogen and oxygen atoms in total. The number of anilines is 1. The highest BCUT2D eigenvalue weighted by Gasteiger charge is 2.37. The summed E-state index contributed by atoms with van der Waals surface area (Å²) in [6.45, 7) is 1.02. The zero-order valence-electron chi connectivity index (χ0n) is 13.4. The van der Waals surface area contributed by atoms with Crippen LogP contribution in [0.2, 0.25) is 0 Å². The van der Waals surface area contributed by atoms with Gasteiger partial charge in [-0.3, -0.25) is 14.7 Å². The van der Waals surface area contributed by atoms with Crippen molar-refractivity contribution in [1.82, 2.24) is 9.88 Å². The Morgan fingerprint density at radius 1 is 1.24 bits per heavy atom. The molecular weight excluding hydrogens is 325 g/mol. The van der Waals surface area contributed by atoms with Crippen LogP contribution in [0.1, 0.15) is 22.3 Å². The lowest BCUT2D eigenvalue weighted by atomic mass is 10.0. The summed E-state index contributed by atoms with van der Waals surface area (Å²) in [4.78, 5) is 32.0. The third kappa shape index (κ3) is 2.82. The van der Waals surface area contributed by atoms with Crippen LogP contribution in [0.5, 0.6) is 0 Å². The lowest BCUT2D eigenvalue weighted by Crippen LogP contribution is -2.42. The molecule has 3 heterocycles. The van der Waals surface area contributed by atoms with Gasteiger partial charge in [0.15, 0.2) is 0 Å². The molecule has 2 aliphatic heterocycles. The van der Waals surface area contributed by atoms with Crippen molar-refractivity contribution in [2.45, 2.75) is 19.0 Å². The predicted molar refractivity (Wildman–Crippen MR) is 87.6 cm³/mol. The fraction of sp³-hybridized carbons (Fsp3) is 0.278. The summed E-state index contributed by atoms with van der Waals surface area (Å²) < 4.78 is 18.9. The maximum absolute atomic E-state index is 13.8. The number of rotatable bonds is 1. The Balaban J connectivity index is 1.72. The van der Waals surface area contributed by atoms with Gasteiger partial charge in [-0.25, -0.2) is 9.18 Å². The van der Waals surface area contributed by atoms with Gasteiger partial charge in [-0.2, -0.15) is 0 Å². The average Bonchev–Trinajstić information content (AvgIpc) is 2.98. The van der Waals surface area contributed by atoms with E-state index in [0.29, 0.717) is 36.3 Å². The number of fused-ring (bicyclic) bond motifs is 3. The quantitative estimate of drug-likeness (QED) is 0.800. The molecule has 0 spiro atoms. The molecule has 0 N–H and O–H groups in total. The lowest BCUT2D eigenvalue weighted by Gasteiger charge is -2.32. The Bertz CT molecular complexity index is 828. The van der Waals surface area contributed by atoms with Crippen LogP contribution in [-0.4, -0.2) is 41.1 Å². The Morgan fingerprint density at radius 2 is 2.04 bits per heavy atom. The molecule has 0 radical (unpaired) electrons. The van der Waals surface area contributed by atoms with Crippen LogP contribution in [0.3, 0.4) is 0 Å². The molecule has 1 aromatic heterocycles. The minimum Gasteiger partial charge on any atom is -0.447 e. The van der Waals surface area contributed by atoms with Gasteiger partial charge in [-0.1, -0.05) is 6.07 Å². The highest BCUT2D eigenvalue weighted by atomic mass is 19.1. The first-order valence-corrected chi connectivity index (χ1v) is 8.07. The first-order chi connectivity index (χ1) is 12.1. The van der Waals surface area contributed by atoms with Crippen molar-refractivity contribution in [1.29, 1.82) is 0 Å². The lowest BCUT2D eigenvalue weighted by molar-refractivity contribution is 0.0734. The third-order valence-electron chi connectivity index (χ3n) is 4.58. The number of cyclic esters (lactones) is 1. The number of aromatic nitrogens is 1. The zero-order valence-corrected chi connectivity index (χ0v) is 13.4. The Labute approximate surface area is 143 Å². The fourth-order valence-corrected chi connectivity index (χ4v) is 3.30. The molecule has 1 aromatic carbocycles. The predicted octanol–water partition coefficient (Wildman–Crippen LogP) is 2.59. The monoisotopic (exact) mass is 341 g/mol. The molecule has 2 aliphatic rings.